The molecule has 19 nitrogen and oxygen atoms in total. The summed E-state index contributed by atoms with van der Waals surface area (Å²) in [6.45, 7) is -1.04. The molecular weight excluding hydrogens is 520 g/mol. The minimum Gasteiger partial charge on any atom is -0.481 e. The number of aliphatic hydroxyl groups is 11. The maximum atomic E-state index is 11.6. The van der Waals surface area contributed by atoms with Crippen molar-refractivity contribution in [3.8, 4) is 0 Å². The zero-order valence-corrected chi connectivity index (χ0v) is 19.0. The minimum absolute atomic E-state index is 0.833. The Hall–Kier alpha value is -2.69. The highest BCUT2D eigenvalue weighted by Crippen LogP contribution is 2.10. The molecule has 0 aromatic rings. The van der Waals surface area contributed by atoms with Gasteiger partial charge in [0, 0.05) is 6.92 Å². The molecule has 0 spiro atoms. The molecule has 37 heavy (non-hydrogen) atoms. The van der Waals surface area contributed by atoms with Crippen molar-refractivity contribution in [2.24, 2.45) is 0 Å². The summed E-state index contributed by atoms with van der Waals surface area (Å²) in [6.07, 6.45) is -22.3. The maximum absolute atomic E-state index is 11.6. The monoisotopic (exact) mass is 550 g/mol. The molecule has 0 fully saturated rings. The summed E-state index contributed by atoms with van der Waals surface area (Å²) in [4.78, 5) is 55.3. The van der Waals surface area contributed by atoms with Gasteiger partial charge in [0.05, 0.1) is 19.6 Å². The van der Waals surface area contributed by atoms with Crippen LogP contribution in [0.5, 0.6) is 0 Å². The van der Waals surface area contributed by atoms with Gasteiger partial charge >= 0.3 is 23.9 Å². The number of aliphatic hydroxyl groups excluding tert-OH is 11. The molecule has 0 heterocycles. The second-order valence-corrected chi connectivity index (χ2v) is 7.12. The number of hydrogen-bond donors (Lipinski definition) is 12. The van der Waals surface area contributed by atoms with Crippen molar-refractivity contribution >= 4 is 29.8 Å². The molecule has 216 valence electrons. The van der Waals surface area contributed by atoms with Crippen LogP contribution in [0.15, 0.2) is 0 Å². The van der Waals surface area contributed by atoms with Crippen LogP contribution in [0.1, 0.15) is 13.3 Å². The Morgan fingerprint density at radius 1 is 0.595 bits per heavy atom. The van der Waals surface area contributed by atoms with E-state index in [0.29, 0.717) is 0 Å². The molecule has 0 aliphatic heterocycles. The van der Waals surface area contributed by atoms with Gasteiger partial charge in [-0.15, -0.1) is 0 Å². The molecule has 0 rings (SSSR count). The van der Waals surface area contributed by atoms with Crippen LogP contribution < -0.4 is 0 Å². The number of carboxylic acids is 1. The van der Waals surface area contributed by atoms with Gasteiger partial charge in [0.1, 0.15) is 36.6 Å². The van der Waals surface area contributed by atoms with Crippen LogP contribution in [0.2, 0.25) is 0 Å². The van der Waals surface area contributed by atoms with Gasteiger partial charge < -0.3 is 70.8 Å². The fourth-order valence-electron chi connectivity index (χ4n) is 2.01. The second-order valence-electron chi connectivity index (χ2n) is 7.12. The number of esters is 4. The molecule has 19 heteroatoms. The molecule has 0 amide bonds. The first kappa shape index (κ1) is 36.5. The van der Waals surface area contributed by atoms with Crippen molar-refractivity contribution in [2.75, 3.05) is 13.2 Å². The summed E-state index contributed by atoms with van der Waals surface area (Å²) in [5.41, 5.74) is 0. The lowest BCUT2D eigenvalue weighted by Crippen LogP contribution is -2.50. The molecule has 1 unspecified atom stereocenters. The first-order valence-electron chi connectivity index (χ1n) is 9.96. The third-order valence-corrected chi connectivity index (χ3v) is 4.04. The smallest absolute Gasteiger partial charge is 0.345 e. The largest absolute Gasteiger partial charge is 0.481 e. The van der Waals surface area contributed by atoms with Crippen molar-refractivity contribution in [3.63, 3.8) is 0 Å². The first-order chi connectivity index (χ1) is 16.9. The molecule has 0 aliphatic rings. The molecule has 0 aromatic heterocycles. The highest BCUT2D eigenvalue weighted by molar-refractivity contribution is 5.94. The van der Waals surface area contributed by atoms with Gasteiger partial charge in [-0.2, -0.15) is 0 Å². The Morgan fingerprint density at radius 3 is 1.24 bits per heavy atom. The van der Waals surface area contributed by atoms with E-state index in [-0.39, 0.29) is 0 Å². The van der Waals surface area contributed by atoms with E-state index < -0.39 is 104 Å². The molecule has 9 atom stereocenters. The number of hydrogen-bond acceptors (Lipinski definition) is 18. The van der Waals surface area contributed by atoms with Gasteiger partial charge in [-0.1, -0.05) is 0 Å². The minimum atomic E-state index is -2.64. The number of carbonyl (C=O) groups is 5. The van der Waals surface area contributed by atoms with Crippen molar-refractivity contribution in [3.05, 3.63) is 0 Å². The van der Waals surface area contributed by atoms with E-state index in [1.807, 2.05) is 0 Å². The highest BCUT2D eigenvalue weighted by Gasteiger charge is 2.38. The molecule has 0 saturated carbocycles. The fraction of sp³-hybridized carbons (Fsp3) is 0.722. The average Bonchev–Trinajstić information content (AvgIpc) is 2.83. The van der Waals surface area contributed by atoms with Crippen molar-refractivity contribution in [1.82, 2.24) is 0 Å². The van der Waals surface area contributed by atoms with E-state index in [1.54, 1.807) is 0 Å². The number of carboxylic acid groups (broad SMARTS) is 1. The number of rotatable bonds is 13. The van der Waals surface area contributed by atoms with E-state index in [1.165, 1.54) is 0 Å². The zero-order valence-electron chi connectivity index (χ0n) is 19.0. The molecule has 0 aromatic carbocycles. The van der Waals surface area contributed by atoms with Gasteiger partial charge in [0.15, 0.2) is 18.3 Å². The van der Waals surface area contributed by atoms with Crippen molar-refractivity contribution < 1.29 is 94.7 Å². The summed E-state index contributed by atoms with van der Waals surface area (Å²) < 4.78 is 7.97. The highest BCUT2D eigenvalue weighted by atomic mass is 16.6. The van der Waals surface area contributed by atoms with Crippen LogP contribution in [-0.2, 0) is 33.4 Å². The van der Waals surface area contributed by atoms with E-state index in [9.17, 15) is 54.9 Å². The lowest BCUT2D eigenvalue weighted by Gasteiger charge is -2.24. The zero-order chi connectivity index (χ0) is 29.6. The Kier molecular flexibility index (Phi) is 17.5. The Labute approximate surface area is 207 Å². The first-order valence-corrected chi connectivity index (χ1v) is 9.96. The second kappa shape index (κ2) is 17.7. The average molecular weight is 550 g/mol. The summed E-state index contributed by atoms with van der Waals surface area (Å²) in [6, 6.07) is 0. The van der Waals surface area contributed by atoms with Gasteiger partial charge in [-0.25, -0.2) is 14.4 Å². The Morgan fingerprint density at radius 2 is 0.919 bits per heavy atom. The summed E-state index contributed by atoms with van der Waals surface area (Å²) in [5.74, 6) is -8.25. The van der Waals surface area contributed by atoms with Crippen LogP contribution in [0, 0.1) is 0 Å². The number of ether oxygens (including phenoxy) is 2. The molecule has 0 aliphatic carbocycles. The van der Waals surface area contributed by atoms with Crippen LogP contribution >= 0.6 is 0 Å². The van der Waals surface area contributed by atoms with Crippen LogP contribution in [0.3, 0.4) is 0 Å². The van der Waals surface area contributed by atoms with Gasteiger partial charge in [-0.05, 0) is 0 Å². The number of aliphatic carboxylic acids is 1. The molecule has 0 saturated heterocycles. The molecule has 0 bridgehead atoms. The van der Waals surface area contributed by atoms with Gasteiger partial charge in [0.2, 0.25) is 0 Å². The third kappa shape index (κ3) is 13.4. The quantitative estimate of drug-likeness (QED) is 0.0747. The van der Waals surface area contributed by atoms with Crippen molar-refractivity contribution in [1.29, 1.82) is 0 Å². The normalized spacial score (nSPS) is 18.3. The van der Waals surface area contributed by atoms with Crippen LogP contribution in [-0.4, -0.2) is 159 Å². The topological polar surface area (TPSA) is 347 Å². The van der Waals surface area contributed by atoms with E-state index in [4.69, 9.17) is 30.3 Å². The standard InChI is InChI=1S/C16H26O17.C2H4O2/c17-2-5(20)8(23)10(25)12(27)15(30)32-7(22)1-4(19)14(29)33-16(31)13(28)11(26)9(24)6(21)3-18;1-2(3)4/h4-6,8-13,17-21,23-28H,1-3H2;1H3,(H,3,4)/t4?,5-,6-,8-,9-,10+,11+,12-,13-;/m1./s1. The van der Waals surface area contributed by atoms with Crippen LogP contribution in [0.25, 0.3) is 0 Å². The third-order valence-electron chi connectivity index (χ3n) is 4.04. The van der Waals surface area contributed by atoms with Crippen molar-refractivity contribution in [2.45, 2.75) is 68.3 Å². The van der Waals surface area contributed by atoms with Gasteiger partial charge in [-0.3, -0.25) is 9.59 Å². The molecule has 0 radical (unpaired) electrons. The van der Waals surface area contributed by atoms with E-state index in [2.05, 4.69) is 9.47 Å². The lowest BCUT2D eigenvalue weighted by molar-refractivity contribution is -0.184. The van der Waals surface area contributed by atoms with E-state index >= 15 is 0 Å². The maximum Gasteiger partial charge on any atom is 0.345 e. The fourth-order valence-corrected chi connectivity index (χ4v) is 2.01. The van der Waals surface area contributed by atoms with Gasteiger partial charge in [0.25, 0.3) is 5.97 Å². The predicted octanol–water partition coefficient (Wildman–Crippen LogP) is -8.16. The Balaban J connectivity index is 0. The van der Waals surface area contributed by atoms with E-state index in [0.717, 1.165) is 6.92 Å². The predicted molar refractivity (Wildman–Crippen MR) is 108 cm³/mol. The summed E-state index contributed by atoms with van der Waals surface area (Å²) >= 11 is 0. The molecular formula is C18H30O19. The molecule has 12 N–H and O–H groups in total. The van der Waals surface area contributed by atoms with Crippen LogP contribution in [0.4, 0.5) is 0 Å². The Bertz CT molecular complexity index is 751. The summed E-state index contributed by atoms with van der Waals surface area (Å²) in [7, 11) is 0. The SMILES string of the molecule is CC(=O)O.O=C(CC(O)C(=O)OC(=O)[C@H](O)[C@@H](O)[C@H](O)[C@H](O)CO)OC(=O)[C@H](O)[C@@H](O)[C@H](O)[C@H](O)CO. The lowest BCUT2D eigenvalue weighted by atomic mass is 10.0. The number of carbonyl (C=O) groups excluding carboxylic acids is 4. The summed E-state index contributed by atoms with van der Waals surface area (Å²) in [5, 5.41) is 109.